The van der Waals surface area contributed by atoms with Crippen LogP contribution in [-0.2, 0) is 4.74 Å². The monoisotopic (exact) mass is 229 g/mol. The van der Waals surface area contributed by atoms with E-state index < -0.39 is 5.60 Å². The van der Waals surface area contributed by atoms with Crippen molar-refractivity contribution in [1.82, 2.24) is 4.90 Å². The van der Waals surface area contributed by atoms with Crippen LogP contribution in [0, 0.1) is 5.92 Å². The highest BCUT2D eigenvalue weighted by Crippen LogP contribution is 2.20. The number of rotatable bonds is 2. The lowest BCUT2D eigenvalue weighted by Gasteiger charge is -2.33. The molecule has 0 unspecified atom stereocenters. The number of piperidine rings is 1. The molecule has 1 rings (SSSR count). The molecule has 1 fully saturated rings. The molecule has 0 radical (unpaired) electrons. The highest BCUT2D eigenvalue weighted by atomic mass is 16.6. The number of amides is 1. The second kappa shape index (κ2) is 5.53. The molecule has 4 nitrogen and oxygen atoms in total. The molecule has 1 saturated heterocycles. The highest BCUT2D eigenvalue weighted by molar-refractivity contribution is 5.68. The zero-order valence-electron chi connectivity index (χ0n) is 10.8. The van der Waals surface area contributed by atoms with E-state index in [4.69, 9.17) is 4.74 Å². The Balaban J connectivity index is 2.44. The maximum absolute atomic E-state index is 11.9. The molecule has 94 valence electrons. The number of nitrogens with zero attached hydrogens (tertiary/aromatic N) is 1. The van der Waals surface area contributed by atoms with E-state index in [1.807, 2.05) is 25.7 Å². The van der Waals surface area contributed by atoms with Crippen LogP contribution in [0.4, 0.5) is 4.79 Å². The van der Waals surface area contributed by atoms with Crippen molar-refractivity contribution in [2.45, 2.75) is 45.6 Å². The molecule has 0 spiro atoms. The summed E-state index contributed by atoms with van der Waals surface area (Å²) in [5.74, 6) is 0.610. The van der Waals surface area contributed by atoms with Crippen LogP contribution in [0.2, 0.25) is 0 Å². The van der Waals surface area contributed by atoms with E-state index in [9.17, 15) is 4.79 Å². The Morgan fingerprint density at radius 1 is 1.50 bits per heavy atom. The van der Waals surface area contributed by atoms with Gasteiger partial charge in [0.1, 0.15) is 5.60 Å². The summed E-state index contributed by atoms with van der Waals surface area (Å²) in [6, 6.07) is 0. The third kappa shape index (κ3) is 4.39. The first-order valence-electron chi connectivity index (χ1n) is 6.19. The Labute approximate surface area is 98.1 Å². The van der Waals surface area contributed by atoms with Gasteiger partial charge in [-0.25, -0.2) is 4.79 Å². The molecule has 3 N–H and O–H groups in total. The SMILES string of the molecule is CC(C)(C)OC(=O)N1CCC[C@H](CC[NH3+])C1. The predicted octanol–water partition coefficient (Wildman–Crippen LogP) is 1.27. The maximum Gasteiger partial charge on any atom is 0.410 e. The Morgan fingerprint density at radius 3 is 2.75 bits per heavy atom. The molecule has 0 aliphatic carbocycles. The van der Waals surface area contributed by atoms with Gasteiger partial charge >= 0.3 is 6.09 Å². The van der Waals surface area contributed by atoms with Gasteiger partial charge < -0.3 is 15.4 Å². The summed E-state index contributed by atoms with van der Waals surface area (Å²) in [7, 11) is 0. The normalized spacial score (nSPS) is 22.0. The van der Waals surface area contributed by atoms with Crippen LogP contribution in [0.15, 0.2) is 0 Å². The number of hydrogen-bond donors (Lipinski definition) is 1. The van der Waals surface area contributed by atoms with Gasteiger partial charge in [0.25, 0.3) is 0 Å². The molecule has 4 heteroatoms. The molecule has 1 amide bonds. The Bertz CT molecular complexity index is 234. The van der Waals surface area contributed by atoms with Crippen molar-refractivity contribution in [2.24, 2.45) is 5.92 Å². The molecule has 0 saturated carbocycles. The molecule has 16 heavy (non-hydrogen) atoms. The van der Waals surface area contributed by atoms with Crippen molar-refractivity contribution < 1.29 is 15.3 Å². The van der Waals surface area contributed by atoms with Gasteiger partial charge in [0.15, 0.2) is 0 Å². The average molecular weight is 229 g/mol. The topological polar surface area (TPSA) is 57.2 Å². The number of ether oxygens (including phenoxy) is 1. The summed E-state index contributed by atoms with van der Waals surface area (Å²) in [5, 5.41) is 0. The fourth-order valence-corrected chi connectivity index (χ4v) is 2.08. The van der Waals surface area contributed by atoms with Crippen molar-refractivity contribution in [2.75, 3.05) is 19.6 Å². The van der Waals surface area contributed by atoms with Gasteiger partial charge in [-0.2, -0.15) is 0 Å². The minimum atomic E-state index is -0.393. The lowest BCUT2D eigenvalue weighted by Crippen LogP contribution is -2.52. The third-order valence-corrected chi connectivity index (χ3v) is 2.78. The molecule has 0 aromatic carbocycles. The number of quaternary nitrogens is 1. The van der Waals surface area contributed by atoms with E-state index >= 15 is 0 Å². The lowest BCUT2D eigenvalue weighted by atomic mass is 9.95. The van der Waals surface area contributed by atoms with E-state index in [0.717, 1.165) is 32.5 Å². The number of carbonyl (C=O) groups excluding carboxylic acids is 1. The van der Waals surface area contributed by atoms with E-state index in [1.165, 1.54) is 6.42 Å². The van der Waals surface area contributed by atoms with Crippen LogP contribution in [-0.4, -0.2) is 36.2 Å². The van der Waals surface area contributed by atoms with Gasteiger partial charge in [-0.3, -0.25) is 0 Å². The van der Waals surface area contributed by atoms with Crippen LogP contribution < -0.4 is 5.73 Å². The standard InChI is InChI=1S/C12H24N2O2/c1-12(2,3)16-11(15)14-8-4-5-10(9-14)6-7-13/h10H,4-9,13H2,1-3H3/p+1/t10-/m1/s1. The molecular weight excluding hydrogens is 204 g/mol. The van der Waals surface area contributed by atoms with Crippen molar-refractivity contribution in [3.8, 4) is 0 Å². The van der Waals surface area contributed by atoms with Gasteiger partial charge in [-0.1, -0.05) is 0 Å². The first kappa shape index (κ1) is 13.3. The summed E-state index contributed by atoms with van der Waals surface area (Å²) in [6.45, 7) is 8.34. The van der Waals surface area contributed by atoms with Crippen LogP contribution in [0.1, 0.15) is 40.0 Å². The largest absolute Gasteiger partial charge is 0.444 e. The fraction of sp³-hybridized carbons (Fsp3) is 0.917. The van der Waals surface area contributed by atoms with Crippen LogP contribution in [0.3, 0.4) is 0 Å². The van der Waals surface area contributed by atoms with Gasteiger partial charge in [-0.05, 0) is 39.5 Å². The van der Waals surface area contributed by atoms with Crippen LogP contribution in [0.5, 0.6) is 0 Å². The summed E-state index contributed by atoms with van der Waals surface area (Å²) in [5.41, 5.74) is 3.48. The van der Waals surface area contributed by atoms with E-state index in [0.29, 0.717) is 5.92 Å². The smallest absolute Gasteiger partial charge is 0.410 e. The second-order valence-corrected chi connectivity index (χ2v) is 5.58. The second-order valence-electron chi connectivity index (χ2n) is 5.58. The summed E-state index contributed by atoms with van der Waals surface area (Å²) < 4.78 is 5.38. The van der Waals surface area contributed by atoms with Gasteiger partial charge in [0, 0.05) is 19.5 Å². The molecule has 1 heterocycles. The zero-order valence-corrected chi connectivity index (χ0v) is 10.8. The van der Waals surface area contributed by atoms with E-state index in [1.54, 1.807) is 0 Å². The summed E-state index contributed by atoms with van der Waals surface area (Å²) >= 11 is 0. The van der Waals surface area contributed by atoms with Gasteiger partial charge in [0.05, 0.1) is 6.54 Å². The Hall–Kier alpha value is -0.770. The van der Waals surface area contributed by atoms with Crippen LogP contribution in [0.25, 0.3) is 0 Å². The molecule has 1 atom stereocenters. The van der Waals surface area contributed by atoms with Crippen molar-refractivity contribution >= 4 is 6.09 Å². The number of hydrogen-bond acceptors (Lipinski definition) is 2. The van der Waals surface area contributed by atoms with Crippen molar-refractivity contribution in [1.29, 1.82) is 0 Å². The molecule has 1 aliphatic rings. The first-order valence-corrected chi connectivity index (χ1v) is 6.19. The Kier molecular flexibility index (Phi) is 4.59. The van der Waals surface area contributed by atoms with Crippen molar-refractivity contribution in [3.05, 3.63) is 0 Å². The third-order valence-electron chi connectivity index (χ3n) is 2.78. The number of likely N-dealkylation sites (tertiary alicyclic amines) is 1. The summed E-state index contributed by atoms with van der Waals surface area (Å²) in [4.78, 5) is 13.7. The average Bonchev–Trinajstić information content (AvgIpc) is 2.16. The number of carbonyl (C=O) groups is 1. The van der Waals surface area contributed by atoms with Gasteiger partial charge in [0.2, 0.25) is 0 Å². The highest BCUT2D eigenvalue weighted by Gasteiger charge is 2.27. The minimum Gasteiger partial charge on any atom is -0.444 e. The van der Waals surface area contributed by atoms with E-state index in [-0.39, 0.29) is 6.09 Å². The Morgan fingerprint density at radius 2 is 2.19 bits per heavy atom. The molecule has 0 bridgehead atoms. The fourth-order valence-electron chi connectivity index (χ4n) is 2.08. The lowest BCUT2D eigenvalue weighted by molar-refractivity contribution is -0.370. The predicted molar refractivity (Wildman–Crippen MR) is 62.9 cm³/mol. The molecule has 0 aromatic heterocycles. The molecule has 1 aliphatic heterocycles. The molecule has 0 aromatic rings. The van der Waals surface area contributed by atoms with Crippen LogP contribution >= 0.6 is 0 Å². The zero-order chi connectivity index (χ0) is 12.2. The quantitative estimate of drug-likeness (QED) is 0.775. The van der Waals surface area contributed by atoms with E-state index in [2.05, 4.69) is 5.73 Å². The minimum absolute atomic E-state index is 0.165. The first-order chi connectivity index (χ1) is 7.42. The molecular formula is C12H25N2O2+. The van der Waals surface area contributed by atoms with Gasteiger partial charge in [-0.15, -0.1) is 0 Å². The maximum atomic E-state index is 11.9. The van der Waals surface area contributed by atoms with Crippen molar-refractivity contribution in [3.63, 3.8) is 0 Å². The summed E-state index contributed by atoms with van der Waals surface area (Å²) in [6.07, 6.45) is 3.25.